The maximum atomic E-state index is 13.0. The molecule has 0 bridgehead atoms. The molecule has 1 aromatic heterocycles. The summed E-state index contributed by atoms with van der Waals surface area (Å²) in [6, 6.07) is 6.73. The lowest BCUT2D eigenvalue weighted by Crippen LogP contribution is -2.11. The van der Waals surface area contributed by atoms with E-state index >= 15 is 0 Å². The monoisotopic (exact) mass is 311 g/mol. The molecule has 4 N–H and O–H groups in total. The second kappa shape index (κ2) is 6.33. The van der Waals surface area contributed by atoms with Gasteiger partial charge in [0.15, 0.2) is 0 Å². The zero-order chi connectivity index (χ0) is 15.4. The molecule has 2 rings (SSSR count). The van der Waals surface area contributed by atoms with E-state index in [2.05, 4.69) is 15.7 Å². The van der Waals surface area contributed by atoms with Gasteiger partial charge in [-0.25, -0.2) is 15.2 Å². The number of nitro groups is 1. The molecule has 21 heavy (non-hydrogen) atoms. The van der Waals surface area contributed by atoms with Crippen molar-refractivity contribution < 1.29 is 9.31 Å². The van der Waals surface area contributed by atoms with Crippen molar-refractivity contribution in [3.63, 3.8) is 0 Å². The number of hydrogen-bond acceptors (Lipinski definition) is 6. The lowest BCUT2D eigenvalue weighted by atomic mass is 10.2. The summed E-state index contributed by atoms with van der Waals surface area (Å²) in [4.78, 5) is 14.3. The van der Waals surface area contributed by atoms with Gasteiger partial charge in [-0.05, 0) is 17.7 Å². The first-order valence-electron chi connectivity index (χ1n) is 5.80. The van der Waals surface area contributed by atoms with Gasteiger partial charge in [-0.1, -0.05) is 17.7 Å². The molecule has 7 nitrogen and oxygen atoms in total. The number of nitrogens with zero attached hydrogens (tertiary/aromatic N) is 2. The predicted molar refractivity (Wildman–Crippen MR) is 77.4 cm³/mol. The summed E-state index contributed by atoms with van der Waals surface area (Å²) in [6.45, 7) is 0.276. The Hall–Kier alpha value is -2.45. The van der Waals surface area contributed by atoms with Gasteiger partial charge in [-0.3, -0.25) is 10.1 Å². The van der Waals surface area contributed by atoms with Crippen LogP contribution in [-0.4, -0.2) is 9.91 Å². The van der Waals surface area contributed by atoms with E-state index in [0.717, 1.165) is 0 Å². The second-order valence-electron chi connectivity index (χ2n) is 4.10. The average Bonchev–Trinajstić information content (AvgIpc) is 2.48. The molecule has 0 unspecified atom stereocenters. The van der Waals surface area contributed by atoms with E-state index in [1.54, 1.807) is 6.07 Å². The van der Waals surface area contributed by atoms with Crippen molar-refractivity contribution in [3.05, 3.63) is 56.8 Å². The van der Waals surface area contributed by atoms with Crippen LogP contribution >= 0.6 is 11.6 Å². The zero-order valence-corrected chi connectivity index (χ0v) is 11.4. The predicted octanol–water partition coefficient (Wildman–Crippen LogP) is 2.68. The molecule has 0 radical (unpaired) electrons. The average molecular weight is 312 g/mol. The molecule has 0 fully saturated rings. The lowest BCUT2D eigenvalue weighted by Gasteiger charge is -2.08. The van der Waals surface area contributed by atoms with Crippen LogP contribution in [-0.2, 0) is 6.54 Å². The Bertz CT molecular complexity index is 683. The molecular formula is C12H11ClFN5O2. The summed E-state index contributed by atoms with van der Waals surface area (Å²) < 4.78 is 13.0. The number of nitrogens with two attached hydrogens (primary N) is 1. The maximum Gasteiger partial charge on any atom is 0.276 e. The van der Waals surface area contributed by atoms with Gasteiger partial charge >= 0.3 is 0 Å². The summed E-state index contributed by atoms with van der Waals surface area (Å²) >= 11 is 5.68. The van der Waals surface area contributed by atoms with Gasteiger partial charge in [-0.15, -0.1) is 0 Å². The fourth-order valence-corrected chi connectivity index (χ4v) is 1.83. The van der Waals surface area contributed by atoms with Gasteiger partial charge in [-0.2, -0.15) is 0 Å². The molecule has 1 aromatic carbocycles. The van der Waals surface area contributed by atoms with Crippen LogP contribution in [0.2, 0.25) is 5.02 Å². The van der Waals surface area contributed by atoms with Crippen LogP contribution in [0, 0.1) is 15.9 Å². The van der Waals surface area contributed by atoms with Crippen molar-refractivity contribution in [1.82, 2.24) is 4.98 Å². The first-order chi connectivity index (χ1) is 9.99. The van der Waals surface area contributed by atoms with Gasteiger partial charge in [0.1, 0.15) is 17.5 Å². The van der Waals surface area contributed by atoms with E-state index in [1.165, 1.54) is 24.3 Å². The van der Waals surface area contributed by atoms with E-state index < -0.39 is 10.7 Å². The molecule has 0 aliphatic carbocycles. The van der Waals surface area contributed by atoms with E-state index in [9.17, 15) is 14.5 Å². The number of hydrazine groups is 1. The Morgan fingerprint density at radius 1 is 1.33 bits per heavy atom. The number of nitrogens with one attached hydrogen (secondary N) is 2. The van der Waals surface area contributed by atoms with Crippen molar-refractivity contribution in [3.8, 4) is 0 Å². The number of rotatable bonds is 5. The van der Waals surface area contributed by atoms with E-state index in [-0.39, 0.29) is 28.9 Å². The third-order valence-corrected chi connectivity index (χ3v) is 2.92. The van der Waals surface area contributed by atoms with Gasteiger partial charge < -0.3 is 10.7 Å². The summed E-state index contributed by atoms with van der Waals surface area (Å²) in [7, 11) is 0. The van der Waals surface area contributed by atoms with Crippen molar-refractivity contribution in [1.29, 1.82) is 0 Å². The fourth-order valence-electron chi connectivity index (χ4n) is 1.63. The van der Waals surface area contributed by atoms with E-state index in [1.807, 2.05) is 0 Å². The largest absolute Gasteiger partial charge is 0.366 e. The number of pyridine rings is 1. The van der Waals surface area contributed by atoms with Crippen molar-refractivity contribution in [2.24, 2.45) is 5.84 Å². The first kappa shape index (κ1) is 14.9. The molecule has 0 aliphatic rings. The molecule has 0 aliphatic heterocycles. The van der Waals surface area contributed by atoms with E-state index in [4.69, 9.17) is 17.4 Å². The topological polar surface area (TPSA) is 106 Å². The number of hydrogen-bond donors (Lipinski definition) is 3. The van der Waals surface area contributed by atoms with Gasteiger partial charge in [0.2, 0.25) is 0 Å². The Labute approximate surface area is 124 Å². The molecule has 1 heterocycles. The summed E-state index contributed by atoms with van der Waals surface area (Å²) in [5, 5.41) is 13.7. The van der Waals surface area contributed by atoms with Gasteiger partial charge in [0.25, 0.3) is 5.69 Å². The Kier molecular flexibility index (Phi) is 4.51. The van der Waals surface area contributed by atoms with Gasteiger partial charge in [0.05, 0.1) is 22.1 Å². The SMILES string of the molecule is NNc1cc([N+](=O)[O-])cc(NCc2ccc(F)c(Cl)c2)n1. The molecular weight excluding hydrogens is 301 g/mol. The third kappa shape index (κ3) is 3.77. The molecule has 9 heteroatoms. The minimum Gasteiger partial charge on any atom is -0.366 e. The summed E-state index contributed by atoms with van der Waals surface area (Å²) in [5.74, 6) is 5.12. The van der Waals surface area contributed by atoms with Crippen LogP contribution in [0.1, 0.15) is 5.56 Å². The maximum absolute atomic E-state index is 13.0. The van der Waals surface area contributed by atoms with E-state index in [0.29, 0.717) is 5.56 Å². The quantitative estimate of drug-likeness (QED) is 0.445. The minimum absolute atomic E-state index is 0.00520. The molecule has 0 amide bonds. The van der Waals surface area contributed by atoms with Crippen molar-refractivity contribution in [2.45, 2.75) is 6.54 Å². The number of nitrogen functional groups attached to an aromatic ring is 1. The highest BCUT2D eigenvalue weighted by Crippen LogP contribution is 2.21. The smallest absolute Gasteiger partial charge is 0.276 e. The zero-order valence-electron chi connectivity index (χ0n) is 10.6. The van der Waals surface area contributed by atoms with Crippen molar-refractivity contribution in [2.75, 3.05) is 10.7 Å². The number of anilines is 2. The fraction of sp³-hybridized carbons (Fsp3) is 0.0833. The summed E-state index contributed by atoms with van der Waals surface area (Å²) in [6.07, 6.45) is 0. The molecule has 2 aromatic rings. The Morgan fingerprint density at radius 2 is 2.05 bits per heavy atom. The number of aromatic nitrogens is 1. The third-order valence-electron chi connectivity index (χ3n) is 2.63. The van der Waals surface area contributed by atoms with Gasteiger partial charge in [0, 0.05) is 6.54 Å². The number of benzene rings is 1. The van der Waals surface area contributed by atoms with Crippen LogP contribution in [0.3, 0.4) is 0 Å². The van der Waals surface area contributed by atoms with Crippen LogP contribution in [0.5, 0.6) is 0 Å². The molecule has 0 saturated heterocycles. The first-order valence-corrected chi connectivity index (χ1v) is 6.18. The summed E-state index contributed by atoms with van der Waals surface area (Å²) in [5.41, 5.74) is 2.80. The molecule has 0 saturated carbocycles. The highest BCUT2D eigenvalue weighted by molar-refractivity contribution is 6.30. The van der Waals surface area contributed by atoms with Crippen LogP contribution in [0.25, 0.3) is 0 Å². The van der Waals surface area contributed by atoms with Crippen LogP contribution in [0.15, 0.2) is 30.3 Å². The normalized spacial score (nSPS) is 10.2. The van der Waals surface area contributed by atoms with Crippen molar-refractivity contribution >= 4 is 28.9 Å². The van der Waals surface area contributed by atoms with Crippen LogP contribution < -0.4 is 16.6 Å². The lowest BCUT2D eigenvalue weighted by molar-refractivity contribution is -0.384. The molecule has 0 spiro atoms. The minimum atomic E-state index is -0.553. The van der Waals surface area contributed by atoms with Crippen LogP contribution in [0.4, 0.5) is 21.7 Å². The standard InChI is InChI=1S/C12H11ClFN5O2/c13-9-3-7(1-2-10(9)14)6-16-11-4-8(19(20)21)5-12(17-11)18-15/h1-5H,6,15H2,(H2,16,17,18). The Morgan fingerprint density at radius 3 is 2.67 bits per heavy atom. The number of halogens is 2. The molecule has 110 valence electrons. The Balaban J connectivity index is 2.17. The second-order valence-corrected chi connectivity index (χ2v) is 4.51. The molecule has 0 atom stereocenters. The highest BCUT2D eigenvalue weighted by Gasteiger charge is 2.11. The highest BCUT2D eigenvalue weighted by atomic mass is 35.5.